The van der Waals surface area contributed by atoms with Crippen molar-refractivity contribution in [3.05, 3.63) is 88.1 Å². The highest BCUT2D eigenvalue weighted by molar-refractivity contribution is 5.74. The highest BCUT2D eigenvalue weighted by Crippen LogP contribution is 2.47. The lowest BCUT2D eigenvalue weighted by molar-refractivity contribution is 0.420. The molecule has 1 atom stereocenters. The van der Waals surface area contributed by atoms with Gasteiger partial charge < -0.3 is 10.3 Å². The molecule has 0 fully saturated rings. The van der Waals surface area contributed by atoms with Gasteiger partial charge in [0, 0.05) is 0 Å². The monoisotopic (exact) mass is 360 g/mol. The highest BCUT2D eigenvalue weighted by Gasteiger charge is 2.38. The van der Waals surface area contributed by atoms with Gasteiger partial charge in [0.15, 0.2) is 0 Å². The number of halogens is 1. The maximum atomic E-state index is 13.8. The molecule has 6 heteroatoms. The van der Waals surface area contributed by atoms with Gasteiger partial charge in [-0.1, -0.05) is 41.1 Å². The summed E-state index contributed by atoms with van der Waals surface area (Å²) >= 11 is 0. The first-order valence-corrected chi connectivity index (χ1v) is 8.49. The predicted molar refractivity (Wildman–Crippen MR) is 99.6 cm³/mol. The van der Waals surface area contributed by atoms with Crippen molar-refractivity contribution in [1.29, 1.82) is 5.26 Å². The Morgan fingerprint density at radius 2 is 1.93 bits per heavy atom. The number of nitrogens with two attached hydrogens (primary N) is 1. The molecule has 2 heterocycles. The lowest BCUT2D eigenvalue weighted by Crippen LogP contribution is -2.31. The van der Waals surface area contributed by atoms with E-state index in [2.05, 4.69) is 11.2 Å². The van der Waals surface area contributed by atoms with Crippen LogP contribution in [0.3, 0.4) is 0 Å². The van der Waals surface area contributed by atoms with Gasteiger partial charge in [-0.2, -0.15) is 5.26 Å². The number of rotatable bonds is 2. The first kappa shape index (κ1) is 16.9. The van der Waals surface area contributed by atoms with Crippen LogP contribution in [0.2, 0.25) is 0 Å². The Morgan fingerprint density at radius 3 is 2.59 bits per heavy atom. The van der Waals surface area contributed by atoms with Crippen molar-refractivity contribution in [2.75, 3.05) is 4.90 Å². The van der Waals surface area contributed by atoms with Crippen molar-refractivity contribution < 1.29 is 8.91 Å². The van der Waals surface area contributed by atoms with Crippen LogP contribution >= 0.6 is 0 Å². The molecule has 1 aliphatic rings. The first-order valence-electron chi connectivity index (χ1n) is 8.49. The van der Waals surface area contributed by atoms with Crippen LogP contribution in [0.15, 0.2) is 64.4 Å². The molecule has 0 bridgehead atoms. The zero-order valence-corrected chi connectivity index (χ0v) is 14.9. The Kier molecular flexibility index (Phi) is 3.93. The van der Waals surface area contributed by atoms with Crippen molar-refractivity contribution in [2.45, 2.75) is 19.8 Å². The van der Waals surface area contributed by atoms with E-state index in [1.165, 1.54) is 12.1 Å². The maximum absolute atomic E-state index is 13.8. The second kappa shape index (κ2) is 6.29. The summed E-state index contributed by atoms with van der Waals surface area (Å²) in [6.45, 7) is 3.83. The molecule has 1 unspecified atom stereocenters. The summed E-state index contributed by atoms with van der Waals surface area (Å²) in [6, 6.07) is 16.1. The van der Waals surface area contributed by atoms with Crippen LogP contribution in [-0.4, -0.2) is 5.16 Å². The minimum Gasteiger partial charge on any atom is -0.384 e. The van der Waals surface area contributed by atoms with Gasteiger partial charge in [0.05, 0.1) is 34.5 Å². The molecule has 0 amide bonds. The average Bonchev–Trinajstić information content (AvgIpc) is 3.02. The van der Waals surface area contributed by atoms with Crippen LogP contribution in [0.1, 0.15) is 28.3 Å². The third-order valence-corrected chi connectivity index (χ3v) is 4.78. The van der Waals surface area contributed by atoms with E-state index in [-0.39, 0.29) is 11.7 Å². The fourth-order valence-electron chi connectivity index (χ4n) is 3.47. The number of fused-ring (bicyclic) bond motifs is 1. The van der Waals surface area contributed by atoms with Crippen LogP contribution in [-0.2, 0) is 0 Å². The summed E-state index contributed by atoms with van der Waals surface area (Å²) in [7, 11) is 0. The summed E-state index contributed by atoms with van der Waals surface area (Å²) in [6.07, 6.45) is 0. The fraction of sp³-hybridized carbons (Fsp3) is 0.143. The van der Waals surface area contributed by atoms with Crippen LogP contribution < -0.4 is 10.6 Å². The van der Waals surface area contributed by atoms with Crippen molar-refractivity contribution in [3.8, 4) is 6.07 Å². The average molecular weight is 360 g/mol. The Hall–Kier alpha value is -3.59. The van der Waals surface area contributed by atoms with E-state index < -0.39 is 5.82 Å². The lowest BCUT2D eigenvalue weighted by Gasteiger charge is -2.32. The van der Waals surface area contributed by atoms with Gasteiger partial charge in [-0.3, -0.25) is 4.90 Å². The number of aryl methyl sites for hydroxylation is 2. The minimum atomic E-state index is -0.405. The SMILES string of the molecule is Cc1ccc(C2C(C#N)=C(N)N(c3cccc(F)c3)c3onc(C)c32)cc1. The van der Waals surface area contributed by atoms with Gasteiger partial charge in [-0.25, -0.2) is 4.39 Å². The second-order valence-electron chi connectivity index (χ2n) is 6.56. The molecule has 0 saturated carbocycles. The molecule has 5 nitrogen and oxygen atoms in total. The van der Waals surface area contributed by atoms with Gasteiger partial charge in [-0.05, 0) is 37.6 Å². The van der Waals surface area contributed by atoms with Gasteiger partial charge in [0.2, 0.25) is 5.88 Å². The van der Waals surface area contributed by atoms with Crippen LogP contribution in [0.4, 0.5) is 16.0 Å². The topological polar surface area (TPSA) is 79.1 Å². The molecule has 2 aromatic carbocycles. The summed E-state index contributed by atoms with van der Waals surface area (Å²) in [5.74, 6) is -0.184. The molecular formula is C21H17FN4O. The number of benzene rings is 2. The zero-order valence-electron chi connectivity index (χ0n) is 14.9. The molecular weight excluding hydrogens is 343 g/mol. The largest absolute Gasteiger partial charge is 0.384 e. The number of nitriles is 1. The Bertz CT molecular complexity index is 1090. The number of hydrogen-bond donors (Lipinski definition) is 1. The number of anilines is 2. The number of aromatic nitrogens is 1. The molecule has 1 aliphatic heterocycles. The van der Waals surface area contributed by atoms with E-state index in [1.54, 1.807) is 17.0 Å². The molecule has 0 spiro atoms. The molecule has 1 aromatic heterocycles. The van der Waals surface area contributed by atoms with Gasteiger partial charge in [-0.15, -0.1) is 0 Å². The molecule has 0 saturated heterocycles. The highest BCUT2D eigenvalue weighted by atomic mass is 19.1. The number of hydrogen-bond acceptors (Lipinski definition) is 5. The quantitative estimate of drug-likeness (QED) is 0.732. The Morgan fingerprint density at radius 1 is 1.19 bits per heavy atom. The zero-order chi connectivity index (χ0) is 19.1. The fourth-order valence-corrected chi connectivity index (χ4v) is 3.47. The van der Waals surface area contributed by atoms with E-state index >= 15 is 0 Å². The molecule has 3 aromatic rings. The molecule has 2 N–H and O–H groups in total. The van der Waals surface area contributed by atoms with Crippen LogP contribution in [0, 0.1) is 31.0 Å². The molecule has 4 rings (SSSR count). The summed E-state index contributed by atoms with van der Waals surface area (Å²) in [5.41, 5.74) is 10.7. The summed E-state index contributed by atoms with van der Waals surface area (Å²) < 4.78 is 19.4. The predicted octanol–water partition coefficient (Wildman–Crippen LogP) is 4.41. The van der Waals surface area contributed by atoms with Gasteiger partial charge >= 0.3 is 0 Å². The summed E-state index contributed by atoms with van der Waals surface area (Å²) in [4.78, 5) is 1.54. The number of nitrogens with zero attached hydrogens (tertiary/aromatic N) is 3. The van der Waals surface area contributed by atoms with Gasteiger partial charge in [0.1, 0.15) is 11.6 Å². The standard InChI is InChI=1S/C21H17FN4O/c1-12-6-8-14(9-7-12)19-17(11-23)20(24)26(16-5-3-4-15(22)10-16)21-18(19)13(2)25-27-21/h3-10,19H,24H2,1-2H3. The van der Waals surface area contributed by atoms with E-state index in [0.29, 0.717) is 22.8 Å². The van der Waals surface area contributed by atoms with E-state index in [4.69, 9.17) is 10.3 Å². The number of allylic oxidation sites excluding steroid dienone is 1. The van der Waals surface area contributed by atoms with Crippen molar-refractivity contribution in [1.82, 2.24) is 5.16 Å². The van der Waals surface area contributed by atoms with Crippen LogP contribution in [0.25, 0.3) is 0 Å². The first-order chi connectivity index (χ1) is 13.0. The minimum absolute atomic E-state index is 0.206. The Labute approximate surface area is 156 Å². The molecule has 134 valence electrons. The maximum Gasteiger partial charge on any atom is 0.241 e. The van der Waals surface area contributed by atoms with E-state index in [9.17, 15) is 9.65 Å². The summed E-state index contributed by atoms with van der Waals surface area (Å²) in [5, 5.41) is 14.0. The van der Waals surface area contributed by atoms with E-state index in [0.717, 1.165) is 16.7 Å². The lowest BCUT2D eigenvalue weighted by atomic mass is 9.82. The van der Waals surface area contributed by atoms with Crippen molar-refractivity contribution >= 4 is 11.6 Å². The molecule has 27 heavy (non-hydrogen) atoms. The molecule has 0 aliphatic carbocycles. The van der Waals surface area contributed by atoms with Crippen molar-refractivity contribution in [2.24, 2.45) is 5.73 Å². The third kappa shape index (κ3) is 2.64. The Balaban J connectivity index is 1.97. The second-order valence-corrected chi connectivity index (χ2v) is 6.56. The third-order valence-electron chi connectivity index (χ3n) is 4.78. The van der Waals surface area contributed by atoms with Crippen molar-refractivity contribution in [3.63, 3.8) is 0 Å². The van der Waals surface area contributed by atoms with Gasteiger partial charge in [0.25, 0.3) is 0 Å². The van der Waals surface area contributed by atoms with E-state index in [1.807, 2.05) is 38.1 Å². The smallest absolute Gasteiger partial charge is 0.241 e. The molecule has 0 radical (unpaired) electrons. The van der Waals surface area contributed by atoms with Crippen LogP contribution in [0.5, 0.6) is 0 Å². The normalized spacial score (nSPS) is 16.2.